The lowest BCUT2D eigenvalue weighted by Crippen LogP contribution is -2.42. The molecular weight excluding hydrogens is 264 g/mol. The molecule has 1 saturated heterocycles. The first-order valence-electron chi connectivity index (χ1n) is 3.55. The first kappa shape index (κ1) is 12.7. The van der Waals surface area contributed by atoms with Gasteiger partial charge in [0.1, 0.15) is 19.7 Å². The molecule has 0 radical (unpaired) electrons. The third kappa shape index (κ3) is 1.11. The van der Waals surface area contributed by atoms with Gasteiger partial charge >= 0.3 is 10.5 Å². The van der Waals surface area contributed by atoms with Crippen LogP contribution in [0.5, 0.6) is 0 Å². The summed E-state index contributed by atoms with van der Waals surface area (Å²) in [6, 6.07) is 0. The van der Waals surface area contributed by atoms with Gasteiger partial charge in [-0.1, -0.05) is 11.5 Å². The number of hydrogen-bond acceptors (Lipinski definition) is 4. The van der Waals surface area contributed by atoms with Gasteiger partial charge in [-0.3, -0.25) is 16.8 Å². The maximum absolute atomic E-state index is 12.7. The number of rotatable bonds is 1. The molecule has 1 aliphatic rings. The van der Waals surface area contributed by atoms with Gasteiger partial charge in [0.25, 0.3) is 0 Å². The van der Waals surface area contributed by atoms with E-state index >= 15 is 0 Å². The molecule has 0 spiro atoms. The van der Waals surface area contributed by atoms with Gasteiger partial charge in [-0.05, 0) is 0 Å². The highest BCUT2D eigenvalue weighted by molar-refractivity contribution is 8.17. The molecule has 4 nitrogen and oxygen atoms in total. The molecule has 0 aromatic rings. The van der Waals surface area contributed by atoms with E-state index in [9.17, 15) is 34.4 Å². The summed E-state index contributed by atoms with van der Waals surface area (Å²) >= 11 is 0. The van der Waals surface area contributed by atoms with Crippen molar-refractivity contribution in [3.05, 3.63) is 4.58 Å². The highest BCUT2D eigenvalue weighted by atomic mass is 32.3. The fraction of sp³-hybridized carbons (Fsp3) is 0.800. The van der Waals surface area contributed by atoms with Gasteiger partial charge in [0, 0.05) is 0 Å². The maximum atomic E-state index is 12.7. The minimum atomic E-state index is -5.79. The number of halogens is 4. The molecule has 0 saturated carbocycles. The summed E-state index contributed by atoms with van der Waals surface area (Å²) in [5.41, 5.74) is 0. The van der Waals surface area contributed by atoms with Crippen LogP contribution in [0.1, 0.15) is 13.3 Å². The van der Waals surface area contributed by atoms with E-state index in [2.05, 4.69) is 0 Å². The van der Waals surface area contributed by atoms with Crippen molar-refractivity contribution in [3.8, 4) is 0 Å². The number of alkyl halides is 4. The minimum absolute atomic E-state index is 0.891. The predicted molar refractivity (Wildman–Crippen MR) is 41.3 cm³/mol. The van der Waals surface area contributed by atoms with Crippen LogP contribution in [0.15, 0.2) is 0 Å². The maximum Gasteiger partial charge on any atom is 0.394 e. The predicted octanol–water partition coefficient (Wildman–Crippen LogP) is 0.915. The Labute approximate surface area is 83.1 Å². The van der Waals surface area contributed by atoms with Gasteiger partial charge < -0.3 is 0 Å². The second kappa shape index (κ2) is 2.84. The third-order valence-electron chi connectivity index (χ3n) is 1.90. The van der Waals surface area contributed by atoms with E-state index in [0.29, 0.717) is 0 Å². The summed E-state index contributed by atoms with van der Waals surface area (Å²) in [6.07, 6.45) is -0.921. The van der Waals surface area contributed by atoms with E-state index in [4.69, 9.17) is 0 Å². The highest BCUT2D eigenvalue weighted by Gasteiger charge is 2.76. The molecule has 0 aromatic carbocycles. The van der Waals surface area contributed by atoms with Gasteiger partial charge in [0.15, 0.2) is 0 Å². The summed E-state index contributed by atoms with van der Waals surface area (Å²) in [5, 5.41) is -11.2. The molecule has 0 N–H and O–H groups in total. The van der Waals surface area contributed by atoms with Crippen molar-refractivity contribution in [1.29, 1.82) is 0 Å². The average molecular weight is 269 g/mol. The Kier molecular flexibility index (Phi) is 2.41. The first-order chi connectivity index (χ1) is 6.44. The summed E-state index contributed by atoms with van der Waals surface area (Å²) in [4.78, 5) is 0. The zero-order valence-electron chi connectivity index (χ0n) is 7.17. The molecule has 1 fully saturated rings. The van der Waals surface area contributed by atoms with Crippen molar-refractivity contribution >= 4 is 19.7 Å². The molecule has 0 aromatic heterocycles. The van der Waals surface area contributed by atoms with Crippen LogP contribution in [0.4, 0.5) is 17.6 Å². The summed E-state index contributed by atoms with van der Waals surface area (Å²) in [7, 11) is -11.6. The van der Waals surface area contributed by atoms with Gasteiger partial charge in [0.2, 0.25) is 0 Å². The van der Waals surface area contributed by atoms with E-state index in [1.54, 1.807) is 0 Å². The average Bonchev–Trinajstić information content (AvgIpc) is 2.07. The Morgan fingerprint density at radius 2 is 1.20 bits per heavy atom. The van der Waals surface area contributed by atoms with Crippen LogP contribution in [0.2, 0.25) is 0 Å². The second-order valence-electron chi connectivity index (χ2n) is 2.77. The van der Waals surface area contributed by atoms with E-state index in [0.717, 1.165) is 6.92 Å². The highest BCUT2D eigenvalue weighted by Crippen LogP contribution is 2.57. The normalized spacial score (nSPS) is 31.5. The molecule has 1 rings (SSSR count). The summed E-state index contributed by atoms with van der Waals surface area (Å²) in [5.74, 6) is 0. The third-order valence-corrected chi connectivity index (χ3v) is 6.99. The standard InChI is InChI=1S/C5H5F4O4S2/c1-2-3-14(10,11)4(6,7)5(8,9)15(3,12)13/h2H2,1H3/q-1. The Morgan fingerprint density at radius 3 is 1.33 bits per heavy atom. The van der Waals surface area contributed by atoms with Gasteiger partial charge in [0.05, 0.1) is 0 Å². The van der Waals surface area contributed by atoms with Crippen LogP contribution in [-0.2, 0) is 19.7 Å². The Balaban J connectivity index is 3.70. The van der Waals surface area contributed by atoms with Crippen molar-refractivity contribution in [3.63, 3.8) is 0 Å². The van der Waals surface area contributed by atoms with E-state index in [1.165, 1.54) is 0 Å². The zero-order valence-corrected chi connectivity index (χ0v) is 8.80. The topological polar surface area (TPSA) is 68.3 Å². The molecule has 0 bridgehead atoms. The lowest BCUT2D eigenvalue weighted by atomic mass is 10.6. The molecule has 0 amide bonds. The summed E-state index contributed by atoms with van der Waals surface area (Å²) < 4.78 is 92.3. The molecule has 15 heavy (non-hydrogen) atoms. The quantitative estimate of drug-likeness (QED) is 0.524. The van der Waals surface area contributed by atoms with Crippen LogP contribution in [0, 0.1) is 4.58 Å². The lowest BCUT2D eigenvalue weighted by Gasteiger charge is -2.17. The Bertz CT molecular complexity index is 433. The van der Waals surface area contributed by atoms with Crippen LogP contribution in [0.25, 0.3) is 0 Å². The molecular formula is C5H5F4O4S2-. The van der Waals surface area contributed by atoms with Crippen LogP contribution in [0.3, 0.4) is 0 Å². The fourth-order valence-corrected chi connectivity index (χ4v) is 5.52. The van der Waals surface area contributed by atoms with Crippen LogP contribution >= 0.6 is 0 Å². The zero-order chi connectivity index (χ0) is 12.3. The van der Waals surface area contributed by atoms with Crippen molar-refractivity contribution in [2.24, 2.45) is 0 Å². The van der Waals surface area contributed by atoms with E-state index in [-0.39, 0.29) is 0 Å². The Hall–Kier alpha value is -0.380. The molecule has 0 aliphatic carbocycles. The SMILES string of the molecule is CC[C-]1S(=O)(=O)C(F)(F)C(F)(F)S1(=O)=O. The summed E-state index contributed by atoms with van der Waals surface area (Å²) in [6.45, 7) is 0.891. The Morgan fingerprint density at radius 1 is 0.933 bits per heavy atom. The number of sulfone groups is 2. The molecule has 10 heteroatoms. The van der Waals surface area contributed by atoms with Gasteiger partial charge in [-0.2, -0.15) is 24.0 Å². The van der Waals surface area contributed by atoms with Gasteiger partial charge in [-0.25, -0.2) is 0 Å². The smallest absolute Gasteiger partial charge is 0.255 e. The van der Waals surface area contributed by atoms with Crippen molar-refractivity contribution in [1.82, 2.24) is 0 Å². The number of hydrogen-bond donors (Lipinski definition) is 0. The minimum Gasteiger partial charge on any atom is -0.255 e. The van der Waals surface area contributed by atoms with Crippen molar-refractivity contribution in [2.75, 3.05) is 0 Å². The fourth-order valence-electron chi connectivity index (χ4n) is 1.12. The van der Waals surface area contributed by atoms with Crippen molar-refractivity contribution < 1.29 is 34.4 Å². The molecule has 1 aliphatic heterocycles. The second-order valence-corrected chi connectivity index (χ2v) is 7.05. The largest absolute Gasteiger partial charge is 0.394 e. The van der Waals surface area contributed by atoms with E-state index < -0.39 is 41.2 Å². The lowest BCUT2D eigenvalue weighted by molar-refractivity contribution is -0.0920. The molecule has 0 unspecified atom stereocenters. The monoisotopic (exact) mass is 269 g/mol. The van der Waals surface area contributed by atoms with Crippen molar-refractivity contribution in [2.45, 2.75) is 23.9 Å². The van der Waals surface area contributed by atoms with Crippen LogP contribution < -0.4 is 0 Å². The van der Waals surface area contributed by atoms with E-state index in [1.807, 2.05) is 0 Å². The molecule has 0 atom stereocenters. The molecule has 1 heterocycles. The molecule has 90 valence electrons. The van der Waals surface area contributed by atoms with Gasteiger partial charge in [-0.15, -0.1) is 0 Å². The van der Waals surface area contributed by atoms with Crippen LogP contribution in [-0.4, -0.2) is 27.3 Å². The first-order valence-corrected chi connectivity index (χ1v) is 6.52.